The van der Waals surface area contributed by atoms with Gasteiger partial charge in [0.15, 0.2) is 0 Å². The summed E-state index contributed by atoms with van der Waals surface area (Å²) in [6, 6.07) is 6.51. The van der Waals surface area contributed by atoms with E-state index in [1.165, 1.54) is 11.1 Å². The zero-order valence-corrected chi connectivity index (χ0v) is 9.56. The lowest BCUT2D eigenvalue weighted by atomic mass is 10.0. The van der Waals surface area contributed by atoms with Crippen molar-refractivity contribution in [2.45, 2.75) is 13.0 Å². The summed E-state index contributed by atoms with van der Waals surface area (Å²) in [6.07, 6.45) is 1.91. The van der Waals surface area contributed by atoms with E-state index in [1.54, 1.807) is 0 Å². The van der Waals surface area contributed by atoms with E-state index >= 15 is 0 Å². The maximum atomic E-state index is 3.80. The van der Waals surface area contributed by atoms with Gasteiger partial charge >= 0.3 is 0 Å². The molecule has 0 amide bonds. The highest BCUT2D eigenvalue weighted by molar-refractivity contribution is 9.10. The second-order valence-electron chi connectivity index (χ2n) is 3.00. The maximum absolute atomic E-state index is 3.80. The minimum Gasteiger partial charge on any atom is -0.310 e. The third-order valence-corrected chi connectivity index (χ3v) is 2.62. The molecule has 1 nitrogen and oxygen atoms in total. The molecular weight excluding hydrogens is 226 g/mol. The van der Waals surface area contributed by atoms with E-state index in [2.05, 4.69) is 52.9 Å². The number of likely N-dealkylation sites (N-methyl/N-ethyl adjacent to an activating group) is 1. The average Bonchev–Trinajstić information content (AvgIpc) is 2.13. The average molecular weight is 240 g/mol. The van der Waals surface area contributed by atoms with Crippen molar-refractivity contribution < 1.29 is 0 Å². The van der Waals surface area contributed by atoms with E-state index in [0.29, 0.717) is 0 Å². The predicted octanol–water partition coefficient (Wildman–Crippen LogP) is 3.20. The molecule has 0 saturated carbocycles. The van der Waals surface area contributed by atoms with Crippen LogP contribution >= 0.6 is 15.9 Å². The first-order chi connectivity index (χ1) is 6.19. The van der Waals surface area contributed by atoms with Gasteiger partial charge in [0.25, 0.3) is 0 Å². The molecule has 1 rings (SSSR count). The van der Waals surface area contributed by atoms with E-state index in [4.69, 9.17) is 0 Å². The number of hydrogen-bond donors (Lipinski definition) is 1. The Kier molecular flexibility index (Phi) is 3.70. The lowest BCUT2D eigenvalue weighted by Crippen LogP contribution is -2.14. The van der Waals surface area contributed by atoms with Gasteiger partial charge in [0.05, 0.1) is 6.04 Å². The molecule has 1 unspecified atom stereocenters. The molecular formula is C11H14BrN. The molecule has 0 radical (unpaired) electrons. The Hall–Kier alpha value is -0.600. The minimum absolute atomic E-state index is 0.234. The fraction of sp³-hybridized carbons (Fsp3) is 0.273. The maximum Gasteiger partial charge on any atom is 0.0504 e. The molecule has 0 aliphatic heterocycles. The number of nitrogens with one attached hydrogen (secondary N) is 1. The SMILES string of the molecule is C=CC(NC)c1cc(Br)ccc1C. The summed E-state index contributed by atoms with van der Waals surface area (Å²) in [5.41, 5.74) is 2.55. The van der Waals surface area contributed by atoms with Gasteiger partial charge < -0.3 is 5.32 Å². The molecule has 0 aromatic heterocycles. The smallest absolute Gasteiger partial charge is 0.0504 e. The zero-order chi connectivity index (χ0) is 9.84. The Labute approximate surface area is 88.0 Å². The molecule has 1 aromatic rings. The number of rotatable bonds is 3. The van der Waals surface area contributed by atoms with Crippen molar-refractivity contribution in [3.63, 3.8) is 0 Å². The highest BCUT2D eigenvalue weighted by atomic mass is 79.9. The van der Waals surface area contributed by atoms with Gasteiger partial charge in [0, 0.05) is 4.47 Å². The second kappa shape index (κ2) is 4.58. The van der Waals surface area contributed by atoms with E-state index in [0.717, 1.165) is 4.47 Å². The molecule has 0 spiro atoms. The van der Waals surface area contributed by atoms with Crippen LogP contribution in [-0.4, -0.2) is 7.05 Å². The van der Waals surface area contributed by atoms with Crippen LogP contribution < -0.4 is 5.32 Å². The van der Waals surface area contributed by atoms with Crippen molar-refractivity contribution in [3.05, 3.63) is 46.5 Å². The third kappa shape index (κ3) is 2.42. The van der Waals surface area contributed by atoms with Crippen molar-refractivity contribution in [3.8, 4) is 0 Å². The Morgan fingerprint density at radius 3 is 2.77 bits per heavy atom. The van der Waals surface area contributed by atoms with Crippen LogP contribution in [0.2, 0.25) is 0 Å². The minimum atomic E-state index is 0.234. The van der Waals surface area contributed by atoms with Crippen LogP contribution in [0.25, 0.3) is 0 Å². The van der Waals surface area contributed by atoms with Gasteiger partial charge in [-0.25, -0.2) is 0 Å². The van der Waals surface area contributed by atoms with Crippen molar-refractivity contribution in [2.75, 3.05) is 7.05 Å². The summed E-state index contributed by atoms with van der Waals surface area (Å²) < 4.78 is 1.11. The molecule has 70 valence electrons. The molecule has 1 aromatic carbocycles. The topological polar surface area (TPSA) is 12.0 Å². The first kappa shape index (κ1) is 10.5. The zero-order valence-electron chi connectivity index (χ0n) is 7.97. The summed E-state index contributed by atoms with van der Waals surface area (Å²) in [6.45, 7) is 5.91. The molecule has 1 atom stereocenters. The summed E-state index contributed by atoms with van der Waals surface area (Å²) in [5.74, 6) is 0. The van der Waals surface area contributed by atoms with Crippen LogP contribution in [-0.2, 0) is 0 Å². The largest absolute Gasteiger partial charge is 0.310 e. The highest BCUT2D eigenvalue weighted by Crippen LogP contribution is 2.22. The molecule has 13 heavy (non-hydrogen) atoms. The Bertz CT molecular complexity index is 307. The summed E-state index contributed by atoms with van der Waals surface area (Å²) in [4.78, 5) is 0. The Morgan fingerprint density at radius 1 is 1.54 bits per heavy atom. The fourth-order valence-corrected chi connectivity index (χ4v) is 1.73. The fourth-order valence-electron chi connectivity index (χ4n) is 1.35. The van der Waals surface area contributed by atoms with Crippen LogP contribution in [0.4, 0.5) is 0 Å². The molecule has 2 heteroatoms. The molecule has 0 saturated heterocycles. The molecule has 0 bridgehead atoms. The van der Waals surface area contributed by atoms with Crippen molar-refractivity contribution in [1.82, 2.24) is 5.32 Å². The van der Waals surface area contributed by atoms with E-state index in [9.17, 15) is 0 Å². The summed E-state index contributed by atoms with van der Waals surface area (Å²) in [7, 11) is 1.94. The van der Waals surface area contributed by atoms with Crippen LogP contribution in [0, 0.1) is 6.92 Å². The van der Waals surface area contributed by atoms with Gasteiger partial charge in [-0.2, -0.15) is 0 Å². The highest BCUT2D eigenvalue weighted by Gasteiger charge is 2.07. The van der Waals surface area contributed by atoms with Gasteiger partial charge in [0.1, 0.15) is 0 Å². The van der Waals surface area contributed by atoms with Crippen molar-refractivity contribution >= 4 is 15.9 Å². The quantitative estimate of drug-likeness (QED) is 0.800. The van der Waals surface area contributed by atoms with Crippen LogP contribution in [0.15, 0.2) is 35.3 Å². The van der Waals surface area contributed by atoms with Gasteiger partial charge in [-0.15, -0.1) is 6.58 Å². The van der Waals surface area contributed by atoms with Crippen LogP contribution in [0.3, 0.4) is 0 Å². The molecule has 0 aliphatic carbocycles. The lowest BCUT2D eigenvalue weighted by Gasteiger charge is -2.14. The second-order valence-corrected chi connectivity index (χ2v) is 3.92. The monoisotopic (exact) mass is 239 g/mol. The first-order valence-electron chi connectivity index (χ1n) is 4.25. The molecule has 0 fully saturated rings. The molecule has 0 heterocycles. The number of aryl methyl sites for hydroxylation is 1. The number of halogens is 1. The van der Waals surface area contributed by atoms with E-state index in [1.807, 2.05) is 13.1 Å². The summed E-state index contributed by atoms with van der Waals surface area (Å²) in [5, 5.41) is 3.20. The van der Waals surface area contributed by atoms with E-state index in [-0.39, 0.29) is 6.04 Å². The predicted molar refractivity (Wildman–Crippen MR) is 60.9 cm³/mol. The molecule has 0 aliphatic rings. The van der Waals surface area contributed by atoms with Crippen molar-refractivity contribution in [1.29, 1.82) is 0 Å². The third-order valence-electron chi connectivity index (χ3n) is 2.12. The van der Waals surface area contributed by atoms with Crippen LogP contribution in [0.5, 0.6) is 0 Å². The summed E-state index contributed by atoms with van der Waals surface area (Å²) >= 11 is 3.46. The normalized spacial score (nSPS) is 12.5. The Morgan fingerprint density at radius 2 is 2.23 bits per heavy atom. The number of benzene rings is 1. The van der Waals surface area contributed by atoms with Gasteiger partial charge in [-0.05, 0) is 37.2 Å². The Balaban J connectivity index is 3.10. The first-order valence-corrected chi connectivity index (χ1v) is 5.04. The lowest BCUT2D eigenvalue weighted by molar-refractivity contribution is 0.711. The number of hydrogen-bond acceptors (Lipinski definition) is 1. The van der Waals surface area contributed by atoms with Crippen LogP contribution in [0.1, 0.15) is 17.2 Å². The van der Waals surface area contributed by atoms with E-state index < -0.39 is 0 Å². The van der Waals surface area contributed by atoms with Gasteiger partial charge in [-0.1, -0.05) is 28.1 Å². The van der Waals surface area contributed by atoms with Crippen molar-refractivity contribution in [2.24, 2.45) is 0 Å². The van der Waals surface area contributed by atoms with Gasteiger partial charge in [0.2, 0.25) is 0 Å². The van der Waals surface area contributed by atoms with Gasteiger partial charge in [-0.3, -0.25) is 0 Å². The standard InChI is InChI=1S/C11H14BrN/c1-4-11(13-3)10-7-9(12)6-5-8(10)2/h4-7,11,13H,1H2,2-3H3. The molecule has 1 N–H and O–H groups in total.